The Morgan fingerprint density at radius 3 is 2.52 bits per heavy atom. The lowest BCUT2D eigenvalue weighted by Gasteiger charge is -2.08. The van der Waals surface area contributed by atoms with Gasteiger partial charge in [0.05, 0.1) is 11.8 Å². The molecule has 0 saturated carbocycles. The number of hydrogen-bond donors (Lipinski definition) is 1. The van der Waals surface area contributed by atoms with Gasteiger partial charge in [0.25, 0.3) is 5.91 Å². The molecule has 0 unspecified atom stereocenters. The quantitative estimate of drug-likeness (QED) is 0.777. The predicted octanol–water partition coefficient (Wildman–Crippen LogP) is 4.45. The first kappa shape index (κ1) is 14.9. The second kappa shape index (κ2) is 6.40. The first-order valence-electron chi connectivity index (χ1n) is 7.21. The Balaban J connectivity index is 1.78. The predicted molar refractivity (Wildman–Crippen MR) is 88.8 cm³/mol. The second-order valence-corrected chi connectivity index (χ2v) is 5.26. The van der Waals surface area contributed by atoms with Crippen LogP contribution >= 0.6 is 0 Å². The van der Waals surface area contributed by atoms with Crippen LogP contribution < -0.4 is 5.32 Å². The molecule has 0 bridgehead atoms. The lowest BCUT2D eigenvalue weighted by molar-refractivity contribution is 0.102. The summed E-state index contributed by atoms with van der Waals surface area (Å²) in [6, 6.07) is 17.0. The molecular weight excluding hydrogens is 291 g/mol. The molecule has 0 aliphatic carbocycles. The van der Waals surface area contributed by atoms with E-state index in [0.717, 1.165) is 17.3 Å². The molecule has 0 aliphatic heterocycles. The number of aryl methyl sites for hydroxylation is 1. The molecule has 114 valence electrons. The van der Waals surface area contributed by atoms with Crippen molar-refractivity contribution in [3.63, 3.8) is 0 Å². The average Bonchev–Trinajstić information content (AvgIpc) is 2.56. The lowest BCUT2D eigenvalue weighted by Crippen LogP contribution is -2.13. The van der Waals surface area contributed by atoms with Crippen molar-refractivity contribution in [2.24, 2.45) is 0 Å². The molecule has 0 aliphatic rings. The van der Waals surface area contributed by atoms with Crippen LogP contribution in [0.3, 0.4) is 0 Å². The summed E-state index contributed by atoms with van der Waals surface area (Å²) in [6.07, 6.45) is 2.41. The van der Waals surface area contributed by atoms with Crippen LogP contribution in [-0.2, 0) is 0 Å². The summed E-state index contributed by atoms with van der Waals surface area (Å²) in [7, 11) is 0. The minimum absolute atomic E-state index is 0.0252. The number of carbonyl (C=O) groups excluding carboxylic acids is 1. The smallest absolute Gasteiger partial charge is 0.258 e. The summed E-state index contributed by atoms with van der Waals surface area (Å²) in [5.41, 5.74) is 3.95. The van der Waals surface area contributed by atoms with Crippen LogP contribution in [0.15, 0.2) is 67.0 Å². The number of nitrogens with one attached hydrogen (secondary N) is 1. The molecule has 0 atom stereocenters. The minimum atomic E-state index is -0.638. The molecular formula is C19H15FN2O. The Kier molecular flexibility index (Phi) is 4.15. The highest BCUT2D eigenvalue weighted by Crippen LogP contribution is 2.22. The van der Waals surface area contributed by atoms with Crippen LogP contribution in [-0.4, -0.2) is 10.9 Å². The number of benzene rings is 2. The van der Waals surface area contributed by atoms with Crippen LogP contribution in [0.25, 0.3) is 11.1 Å². The Morgan fingerprint density at radius 2 is 1.83 bits per heavy atom. The van der Waals surface area contributed by atoms with Crippen molar-refractivity contribution in [1.29, 1.82) is 0 Å². The van der Waals surface area contributed by atoms with E-state index in [9.17, 15) is 9.18 Å². The normalized spacial score (nSPS) is 10.3. The van der Waals surface area contributed by atoms with Crippen LogP contribution in [0.5, 0.6) is 0 Å². The molecule has 2 aromatic carbocycles. The van der Waals surface area contributed by atoms with Crippen molar-refractivity contribution >= 4 is 11.6 Å². The van der Waals surface area contributed by atoms with Crippen LogP contribution in [0.2, 0.25) is 0 Å². The molecule has 23 heavy (non-hydrogen) atoms. The highest BCUT2D eigenvalue weighted by molar-refractivity contribution is 6.04. The summed E-state index contributed by atoms with van der Waals surface area (Å²) >= 11 is 0. The monoisotopic (exact) mass is 306 g/mol. The Bertz CT molecular complexity index is 844. The van der Waals surface area contributed by atoms with E-state index >= 15 is 0 Å². The summed E-state index contributed by atoms with van der Waals surface area (Å²) in [5.74, 6) is -1.13. The van der Waals surface area contributed by atoms with Gasteiger partial charge in [-0.05, 0) is 36.2 Å². The third-order valence-corrected chi connectivity index (χ3v) is 3.51. The van der Waals surface area contributed by atoms with E-state index in [0.29, 0.717) is 5.69 Å². The molecule has 0 radical (unpaired) electrons. The number of hydrogen-bond acceptors (Lipinski definition) is 2. The third kappa shape index (κ3) is 3.43. The van der Waals surface area contributed by atoms with Gasteiger partial charge < -0.3 is 5.32 Å². The number of aromatic nitrogens is 1. The van der Waals surface area contributed by atoms with E-state index in [1.165, 1.54) is 17.8 Å². The van der Waals surface area contributed by atoms with Crippen LogP contribution in [0.4, 0.5) is 10.1 Å². The van der Waals surface area contributed by atoms with Crippen molar-refractivity contribution in [2.45, 2.75) is 6.92 Å². The number of amides is 1. The largest absolute Gasteiger partial charge is 0.322 e. The zero-order valence-corrected chi connectivity index (χ0v) is 12.6. The fourth-order valence-corrected chi connectivity index (χ4v) is 2.33. The molecule has 3 nitrogen and oxygen atoms in total. The standard InChI is InChI=1S/C19H15FN2O/c1-13-3-2-4-15(11-13)14-5-7-16(8-6-14)22-19(23)17-9-10-21-12-18(17)20/h2-12H,1H3,(H,22,23). The fraction of sp³-hybridized carbons (Fsp3) is 0.0526. The van der Waals surface area contributed by atoms with E-state index in [-0.39, 0.29) is 5.56 Å². The zero-order valence-electron chi connectivity index (χ0n) is 12.6. The van der Waals surface area contributed by atoms with Crippen LogP contribution in [0, 0.1) is 12.7 Å². The summed E-state index contributed by atoms with van der Waals surface area (Å²) in [5, 5.41) is 2.68. The van der Waals surface area contributed by atoms with Crippen molar-refractivity contribution in [3.05, 3.63) is 83.9 Å². The molecule has 1 heterocycles. The number of rotatable bonds is 3. The number of carbonyl (C=O) groups is 1. The first-order chi connectivity index (χ1) is 11.1. The van der Waals surface area contributed by atoms with Gasteiger partial charge >= 0.3 is 0 Å². The van der Waals surface area contributed by atoms with Crippen LogP contribution in [0.1, 0.15) is 15.9 Å². The topological polar surface area (TPSA) is 42.0 Å². The van der Waals surface area contributed by atoms with Gasteiger partial charge in [0.1, 0.15) is 0 Å². The van der Waals surface area contributed by atoms with Crippen molar-refractivity contribution < 1.29 is 9.18 Å². The van der Waals surface area contributed by atoms with Crippen molar-refractivity contribution in [2.75, 3.05) is 5.32 Å². The van der Waals surface area contributed by atoms with Gasteiger partial charge in [-0.15, -0.1) is 0 Å². The number of nitrogens with zero attached hydrogens (tertiary/aromatic N) is 1. The Morgan fingerprint density at radius 1 is 1.04 bits per heavy atom. The van der Waals surface area contributed by atoms with E-state index in [1.807, 2.05) is 37.3 Å². The lowest BCUT2D eigenvalue weighted by atomic mass is 10.0. The SMILES string of the molecule is Cc1cccc(-c2ccc(NC(=O)c3ccncc3F)cc2)c1. The zero-order chi connectivity index (χ0) is 16.2. The van der Waals surface area contributed by atoms with Gasteiger partial charge in [0.15, 0.2) is 5.82 Å². The molecule has 0 fully saturated rings. The van der Waals surface area contributed by atoms with Gasteiger partial charge in [-0.25, -0.2) is 4.39 Å². The Hall–Kier alpha value is -3.01. The van der Waals surface area contributed by atoms with Gasteiger partial charge in [-0.3, -0.25) is 9.78 Å². The van der Waals surface area contributed by atoms with Gasteiger partial charge in [-0.1, -0.05) is 42.0 Å². The van der Waals surface area contributed by atoms with Crippen molar-refractivity contribution in [3.8, 4) is 11.1 Å². The average molecular weight is 306 g/mol. The van der Waals surface area contributed by atoms with E-state index in [4.69, 9.17) is 0 Å². The van der Waals surface area contributed by atoms with Gasteiger partial charge in [-0.2, -0.15) is 0 Å². The third-order valence-electron chi connectivity index (χ3n) is 3.51. The molecule has 4 heteroatoms. The Labute approximate surface area is 133 Å². The molecule has 1 N–H and O–H groups in total. The van der Waals surface area contributed by atoms with Gasteiger partial charge in [0, 0.05) is 11.9 Å². The van der Waals surface area contributed by atoms with E-state index < -0.39 is 11.7 Å². The highest BCUT2D eigenvalue weighted by Gasteiger charge is 2.11. The number of halogens is 1. The van der Waals surface area contributed by atoms with E-state index in [2.05, 4.69) is 16.4 Å². The molecule has 1 amide bonds. The number of pyridine rings is 1. The molecule has 3 rings (SSSR count). The summed E-state index contributed by atoms with van der Waals surface area (Å²) < 4.78 is 13.5. The molecule has 1 aromatic heterocycles. The van der Waals surface area contributed by atoms with E-state index in [1.54, 1.807) is 12.1 Å². The minimum Gasteiger partial charge on any atom is -0.322 e. The summed E-state index contributed by atoms with van der Waals surface area (Å²) in [4.78, 5) is 15.7. The fourth-order valence-electron chi connectivity index (χ4n) is 2.33. The maximum absolute atomic E-state index is 13.5. The second-order valence-electron chi connectivity index (χ2n) is 5.26. The highest BCUT2D eigenvalue weighted by atomic mass is 19.1. The maximum atomic E-state index is 13.5. The first-order valence-corrected chi connectivity index (χ1v) is 7.21. The number of anilines is 1. The maximum Gasteiger partial charge on any atom is 0.258 e. The molecule has 0 saturated heterocycles. The summed E-state index contributed by atoms with van der Waals surface area (Å²) in [6.45, 7) is 2.04. The molecule has 3 aromatic rings. The van der Waals surface area contributed by atoms with Gasteiger partial charge in [0.2, 0.25) is 0 Å². The van der Waals surface area contributed by atoms with Crippen molar-refractivity contribution in [1.82, 2.24) is 4.98 Å². The molecule has 0 spiro atoms.